The summed E-state index contributed by atoms with van der Waals surface area (Å²) in [7, 11) is 0. The van der Waals surface area contributed by atoms with Gasteiger partial charge in [0, 0.05) is 55.9 Å². The van der Waals surface area contributed by atoms with Gasteiger partial charge in [-0.3, -0.25) is 0 Å². The highest BCUT2D eigenvalue weighted by molar-refractivity contribution is 6.19. The molecule has 1 aliphatic carbocycles. The largest absolute Gasteiger partial charge is 0.314 e. The number of hydrogen-bond donors (Lipinski definition) is 0. The van der Waals surface area contributed by atoms with Gasteiger partial charge in [0.1, 0.15) is 0 Å². The number of benzene rings is 8. The standard InChI is InChI=1S/C55H41N3/c1-38-17-11-14-26-51(38)56(43-22-9-4-10-23-43)44-29-31-45(32-30-44)57-52-27-15-12-24-47(52)49-37-55-50(36-54(49)57)48-25-13-16-28-53(48)58(55)46-34-41(39-18-5-2-6-19-39)33-42(35-46)40-20-7-3-8-21-40/h2-16,18-38H,17H2,1H3. The SMILES string of the molecule is CC1CC=CC=C1N(c1ccccc1)c1ccc(-n2c3ccccc3c3cc4c(cc32)c2ccccc2n4-c2cc(-c3ccccc3)cc(-c3ccccc3)c2)cc1. The Labute approximate surface area is 338 Å². The number of rotatable bonds is 7. The first-order valence-electron chi connectivity index (χ1n) is 20.2. The van der Waals surface area contributed by atoms with Gasteiger partial charge < -0.3 is 14.0 Å². The van der Waals surface area contributed by atoms with Crippen LogP contribution in [0.1, 0.15) is 13.3 Å². The number of hydrogen-bond acceptors (Lipinski definition) is 1. The lowest BCUT2D eigenvalue weighted by molar-refractivity contribution is 0.670. The molecule has 0 saturated carbocycles. The molecule has 0 amide bonds. The van der Waals surface area contributed by atoms with Gasteiger partial charge in [-0.25, -0.2) is 0 Å². The van der Waals surface area contributed by atoms with Crippen LogP contribution in [0.15, 0.2) is 218 Å². The summed E-state index contributed by atoms with van der Waals surface area (Å²) in [5.41, 5.74) is 15.5. The molecule has 3 nitrogen and oxygen atoms in total. The number of anilines is 2. The van der Waals surface area contributed by atoms with Crippen molar-refractivity contribution in [3.63, 3.8) is 0 Å². The summed E-state index contributed by atoms with van der Waals surface area (Å²) in [5.74, 6) is 0.414. The molecule has 1 atom stereocenters. The Hall–Kier alpha value is -7.36. The third-order valence-electron chi connectivity index (χ3n) is 11.9. The molecule has 3 heteroatoms. The monoisotopic (exact) mass is 743 g/mol. The summed E-state index contributed by atoms with van der Waals surface area (Å²) in [5, 5.41) is 4.94. The first kappa shape index (κ1) is 33.9. The van der Waals surface area contributed by atoms with Crippen molar-refractivity contribution in [2.45, 2.75) is 13.3 Å². The highest BCUT2D eigenvalue weighted by Crippen LogP contribution is 2.42. The number of allylic oxidation sites excluding steroid dienone is 4. The topological polar surface area (TPSA) is 13.1 Å². The summed E-state index contributed by atoms with van der Waals surface area (Å²) in [6.07, 6.45) is 7.76. The smallest absolute Gasteiger partial charge is 0.0548 e. The Morgan fingerprint density at radius 3 is 1.45 bits per heavy atom. The first-order chi connectivity index (χ1) is 28.7. The summed E-state index contributed by atoms with van der Waals surface area (Å²) >= 11 is 0. The van der Waals surface area contributed by atoms with E-state index in [-0.39, 0.29) is 0 Å². The molecule has 1 unspecified atom stereocenters. The minimum absolute atomic E-state index is 0.414. The van der Waals surface area contributed by atoms with E-state index in [4.69, 9.17) is 0 Å². The molecule has 0 saturated heterocycles. The van der Waals surface area contributed by atoms with Crippen LogP contribution in [-0.2, 0) is 0 Å². The van der Waals surface area contributed by atoms with Crippen molar-refractivity contribution in [3.8, 4) is 33.6 Å². The van der Waals surface area contributed by atoms with E-state index in [0.29, 0.717) is 5.92 Å². The molecule has 0 fully saturated rings. The fourth-order valence-electron chi connectivity index (χ4n) is 9.13. The molecule has 0 radical (unpaired) electrons. The van der Waals surface area contributed by atoms with Crippen LogP contribution < -0.4 is 4.90 Å². The Kier molecular flexibility index (Phi) is 8.18. The molecule has 2 heterocycles. The first-order valence-corrected chi connectivity index (χ1v) is 20.2. The second-order valence-corrected chi connectivity index (χ2v) is 15.4. The van der Waals surface area contributed by atoms with Crippen LogP contribution in [0.5, 0.6) is 0 Å². The summed E-state index contributed by atoms with van der Waals surface area (Å²) < 4.78 is 4.92. The molecule has 1 aliphatic rings. The quantitative estimate of drug-likeness (QED) is 0.158. The Balaban J connectivity index is 1.12. The van der Waals surface area contributed by atoms with Crippen LogP contribution in [0.4, 0.5) is 11.4 Å². The van der Waals surface area contributed by atoms with Crippen molar-refractivity contribution in [1.82, 2.24) is 9.13 Å². The number of fused-ring (bicyclic) bond motifs is 6. The summed E-state index contributed by atoms with van der Waals surface area (Å²) in [4.78, 5) is 2.41. The lowest BCUT2D eigenvalue weighted by atomic mass is 9.96. The zero-order valence-electron chi connectivity index (χ0n) is 32.3. The van der Waals surface area contributed by atoms with E-state index in [1.807, 2.05) is 0 Å². The van der Waals surface area contributed by atoms with Gasteiger partial charge in [-0.1, -0.05) is 134 Å². The fourth-order valence-corrected chi connectivity index (χ4v) is 9.13. The molecule has 58 heavy (non-hydrogen) atoms. The second-order valence-electron chi connectivity index (χ2n) is 15.4. The van der Waals surface area contributed by atoms with Crippen LogP contribution in [0, 0.1) is 5.92 Å². The zero-order valence-corrected chi connectivity index (χ0v) is 32.3. The van der Waals surface area contributed by atoms with Gasteiger partial charge in [0.2, 0.25) is 0 Å². The molecule has 8 aromatic carbocycles. The van der Waals surface area contributed by atoms with Crippen molar-refractivity contribution in [2.24, 2.45) is 5.92 Å². The van der Waals surface area contributed by atoms with Crippen molar-refractivity contribution >= 4 is 55.0 Å². The number of para-hydroxylation sites is 3. The van der Waals surface area contributed by atoms with E-state index in [0.717, 1.165) is 23.5 Å². The van der Waals surface area contributed by atoms with E-state index < -0.39 is 0 Å². The van der Waals surface area contributed by atoms with Crippen LogP contribution >= 0.6 is 0 Å². The molecular formula is C55H41N3. The van der Waals surface area contributed by atoms with E-state index in [1.165, 1.54) is 77.2 Å². The van der Waals surface area contributed by atoms with Crippen molar-refractivity contribution in [3.05, 3.63) is 218 Å². The molecule has 0 N–H and O–H groups in total. The maximum absolute atomic E-state index is 2.47. The van der Waals surface area contributed by atoms with Gasteiger partial charge in [-0.2, -0.15) is 0 Å². The number of nitrogens with zero attached hydrogens (tertiary/aromatic N) is 3. The van der Waals surface area contributed by atoms with Gasteiger partial charge in [0.25, 0.3) is 0 Å². The third-order valence-corrected chi connectivity index (χ3v) is 11.9. The van der Waals surface area contributed by atoms with Gasteiger partial charge >= 0.3 is 0 Å². The average Bonchev–Trinajstić information content (AvgIpc) is 3.79. The Morgan fingerprint density at radius 2 is 0.897 bits per heavy atom. The number of aromatic nitrogens is 2. The maximum atomic E-state index is 2.47. The van der Waals surface area contributed by atoms with Gasteiger partial charge in [0.15, 0.2) is 0 Å². The highest BCUT2D eigenvalue weighted by atomic mass is 15.2. The highest BCUT2D eigenvalue weighted by Gasteiger charge is 2.22. The van der Waals surface area contributed by atoms with Crippen LogP contribution in [0.3, 0.4) is 0 Å². The molecule has 0 bridgehead atoms. The van der Waals surface area contributed by atoms with Crippen LogP contribution in [0.25, 0.3) is 77.2 Å². The van der Waals surface area contributed by atoms with Gasteiger partial charge in [-0.15, -0.1) is 0 Å². The Bertz CT molecular complexity index is 3130. The molecule has 0 spiro atoms. The van der Waals surface area contributed by atoms with Crippen molar-refractivity contribution < 1.29 is 0 Å². The minimum atomic E-state index is 0.414. The third kappa shape index (κ3) is 5.66. The van der Waals surface area contributed by atoms with Crippen molar-refractivity contribution in [2.75, 3.05) is 4.90 Å². The second kappa shape index (κ2) is 14.0. The van der Waals surface area contributed by atoms with E-state index in [9.17, 15) is 0 Å². The van der Waals surface area contributed by atoms with E-state index in [2.05, 4.69) is 233 Å². The minimum Gasteiger partial charge on any atom is -0.314 e. The fraction of sp³-hybridized carbons (Fsp3) is 0.0545. The average molecular weight is 744 g/mol. The Morgan fingerprint density at radius 1 is 0.414 bits per heavy atom. The van der Waals surface area contributed by atoms with Gasteiger partial charge in [-0.05, 0) is 114 Å². The summed E-state index contributed by atoms with van der Waals surface area (Å²) in [6, 6.07) is 70.9. The van der Waals surface area contributed by atoms with Crippen LogP contribution in [0.2, 0.25) is 0 Å². The molecule has 276 valence electrons. The predicted octanol–water partition coefficient (Wildman–Crippen LogP) is 14.8. The molecular weight excluding hydrogens is 703 g/mol. The van der Waals surface area contributed by atoms with E-state index in [1.54, 1.807) is 0 Å². The molecule has 0 aliphatic heterocycles. The van der Waals surface area contributed by atoms with Crippen molar-refractivity contribution in [1.29, 1.82) is 0 Å². The maximum Gasteiger partial charge on any atom is 0.0548 e. The normalized spacial score (nSPS) is 14.1. The zero-order chi connectivity index (χ0) is 38.6. The lowest BCUT2D eigenvalue weighted by Crippen LogP contribution is -2.22. The van der Waals surface area contributed by atoms with Crippen LogP contribution in [-0.4, -0.2) is 9.13 Å². The van der Waals surface area contributed by atoms with E-state index >= 15 is 0 Å². The molecule has 2 aromatic heterocycles. The molecule has 10 aromatic rings. The summed E-state index contributed by atoms with van der Waals surface area (Å²) in [6.45, 7) is 2.32. The van der Waals surface area contributed by atoms with Gasteiger partial charge in [0.05, 0.1) is 22.1 Å². The predicted molar refractivity (Wildman–Crippen MR) is 246 cm³/mol. The molecule has 11 rings (SSSR count). The lowest BCUT2D eigenvalue weighted by Gasteiger charge is -2.32.